The van der Waals surface area contributed by atoms with E-state index in [0.29, 0.717) is 29.7 Å². The van der Waals surface area contributed by atoms with Crippen LogP contribution in [0.3, 0.4) is 0 Å². The molecule has 0 bridgehead atoms. The highest BCUT2D eigenvalue weighted by molar-refractivity contribution is 6.00. The van der Waals surface area contributed by atoms with E-state index < -0.39 is 17.6 Å². The van der Waals surface area contributed by atoms with E-state index in [0.717, 1.165) is 0 Å². The van der Waals surface area contributed by atoms with E-state index in [1.54, 1.807) is 30.1 Å². The van der Waals surface area contributed by atoms with E-state index in [2.05, 4.69) is 17.2 Å². The predicted molar refractivity (Wildman–Crippen MR) is 123 cm³/mol. The van der Waals surface area contributed by atoms with Gasteiger partial charge in [-0.3, -0.25) is 24.0 Å². The van der Waals surface area contributed by atoms with Crippen LogP contribution in [0.1, 0.15) is 45.2 Å². The smallest absolute Gasteiger partial charge is 0.410 e. The number of carbonyl (C=O) groups is 3. The standard InChI is InChI=1S/C24H28N4O6/c1-24(2,3)34-23(32)27-13-16(14-27)33-11-5-6-15-7-8-17-19(12-15)26(4)22(31)28(17)18-9-10-20(29)25-21(18)30/h7-8,12,16,18H,9-11,13-14H2,1-4H3,(H,25,29,30). The molecular weight excluding hydrogens is 440 g/mol. The Labute approximate surface area is 196 Å². The van der Waals surface area contributed by atoms with E-state index in [1.165, 1.54) is 9.13 Å². The molecule has 180 valence electrons. The average Bonchev–Trinajstić information content (AvgIpc) is 2.95. The monoisotopic (exact) mass is 468 g/mol. The molecule has 2 saturated heterocycles. The summed E-state index contributed by atoms with van der Waals surface area (Å²) in [6.45, 7) is 6.63. The molecule has 0 saturated carbocycles. The Morgan fingerprint density at radius 2 is 1.91 bits per heavy atom. The van der Waals surface area contributed by atoms with Crippen molar-refractivity contribution in [3.05, 3.63) is 34.2 Å². The van der Waals surface area contributed by atoms with E-state index in [9.17, 15) is 19.2 Å². The Bertz CT molecular complexity index is 1270. The fourth-order valence-electron chi connectivity index (χ4n) is 3.99. The number of ether oxygens (including phenoxy) is 2. The van der Waals surface area contributed by atoms with Crippen molar-refractivity contribution in [2.24, 2.45) is 7.05 Å². The summed E-state index contributed by atoms with van der Waals surface area (Å²) in [5.74, 6) is 5.20. The zero-order valence-electron chi connectivity index (χ0n) is 19.7. The molecule has 34 heavy (non-hydrogen) atoms. The molecule has 1 N–H and O–H groups in total. The third-order valence-electron chi connectivity index (χ3n) is 5.73. The third-order valence-corrected chi connectivity index (χ3v) is 5.73. The van der Waals surface area contributed by atoms with Crippen LogP contribution in [0.5, 0.6) is 0 Å². The van der Waals surface area contributed by atoms with Crippen LogP contribution < -0.4 is 11.0 Å². The topological polar surface area (TPSA) is 112 Å². The number of nitrogens with zero attached hydrogens (tertiary/aromatic N) is 3. The van der Waals surface area contributed by atoms with Gasteiger partial charge in [0.1, 0.15) is 18.2 Å². The summed E-state index contributed by atoms with van der Waals surface area (Å²) in [5, 5.41) is 2.30. The van der Waals surface area contributed by atoms with Crippen LogP contribution in [-0.2, 0) is 26.1 Å². The number of hydrogen-bond acceptors (Lipinski definition) is 6. The Balaban J connectivity index is 1.38. The van der Waals surface area contributed by atoms with Crippen LogP contribution in [0, 0.1) is 11.8 Å². The summed E-state index contributed by atoms with van der Waals surface area (Å²) in [7, 11) is 1.64. The summed E-state index contributed by atoms with van der Waals surface area (Å²) < 4.78 is 13.9. The summed E-state index contributed by atoms with van der Waals surface area (Å²) in [6.07, 6.45) is 0.0586. The molecule has 0 aliphatic carbocycles. The number of hydrogen-bond donors (Lipinski definition) is 1. The third kappa shape index (κ3) is 4.84. The normalized spacial score (nSPS) is 18.8. The van der Waals surface area contributed by atoms with Gasteiger partial charge in [0.15, 0.2) is 0 Å². The SMILES string of the molecule is Cn1c(=O)n(C2CCC(=O)NC2=O)c2ccc(C#CCOC3CN(C(=O)OC(C)(C)C)C3)cc21. The lowest BCUT2D eigenvalue weighted by atomic mass is 10.1. The quantitative estimate of drug-likeness (QED) is 0.537. The van der Waals surface area contributed by atoms with Crippen molar-refractivity contribution in [1.82, 2.24) is 19.4 Å². The molecular formula is C24H28N4O6. The number of imidazole rings is 1. The first kappa shape index (κ1) is 23.6. The van der Waals surface area contributed by atoms with Crippen molar-refractivity contribution < 1.29 is 23.9 Å². The molecule has 3 heterocycles. The van der Waals surface area contributed by atoms with E-state index in [4.69, 9.17) is 9.47 Å². The van der Waals surface area contributed by atoms with Gasteiger partial charge in [0.25, 0.3) is 0 Å². The van der Waals surface area contributed by atoms with Crippen molar-refractivity contribution in [2.45, 2.75) is 51.4 Å². The zero-order valence-corrected chi connectivity index (χ0v) is 19.7. The predicted octanol–water partition coefficient (Wildman–Crippen LogP) is 1.31. The number of nitrogens with one attached hydrogen (secondary N) is 1. The maximum atomic E-state index is 12.8. The molecule has 10 nitrogen and oxygen atoms in total. The van der Waals surface area contributed by atoms with Gasteiger partial charge in [0.2, 0.25) is 11.8 Å². The fraction of sp³-hybridized carbons (Fsp3) is 0.500. The molecule has 1 atom stereocenters. The van der Waals surface area contributed by atoms with E-state index >= 15 is 0 Å². The molecule has 10 heteroatoms. The first-order chi connectivity index (χ1) is 16.0. The molecule has 3 amide bonds. The lowest BCUT2D eigenvalue weighted by molar-refractivity contribution is -0.135. The Morgan fingerprint density at radius 3 is 2.59 bits per heavy atom. The number of aromatic nitrogens is 2. The minimum Gasteiger partial charge on any atom is -0.444 e. The van der Waals surface area contributed by atoms with Gasteiger partial charge in [-0.2, -0.15) is 0 Å². The van der Waals surface area contributed by atoms with Crippen LogP contribution in [0.2, 0.25) is 0 Å². The largest absolute Gasteiger partial charge is 0.444 e. The van der Waals surface area contributed by atoms with Gasteiger partial charge in [0, 0.05) is 19.0 Å². The lowest BCUT2D eigenvalue weighted by Gasteiger charge is -2.39. The van der Waals surface area contributed by atoms with Crippen LogP contribution in [0.4, 0.5) is 4.79 Å². The number of benzene rings is 1. The summed E-state index contributed by atoms with van der Waals surface area (Å²) in [4.78, 5) is 50.1. The van der Waals surface area contributed by atoms with Crippen LogP contribution in [-0.4, -0.2) is 63.3 Å². The number of likely N-dealkylation sites (tertiary alicyclic amines) is 1. The van der Waals surface area contributed by atoms with Gasteiger partial charge < -0.3 is 14.4 Å². The minimum absolute atomic E-state index is 0.0762. The van der Waals surface area contributed by atoms with Crippen LogP contribution in [0.25, 0.3) is 11.0 Å². The molecule has 2 aromatic rings. The van der Waals surface area contributed by atoms with E-state index in [-0.39, 0.29) is 43.2 Å². The van der Waals surface area contributed by atoms with Gasteiger partial charge in [-0.1, -0.05) is 11.8 Å². The van der Waals surface area contributed by atoms with Gasteiger partial charge in [-0.25, -0.2) is 9.59 Å². The molecule has 2 aliphatic heterocycles. The number of rotatable bonds is 3. The van der Waals surface area contributed by atoms with Crippen molar-refractivity contribution in [2.75, 3.05) is 19.7 Å². The molecule has 1 unspecified atom stereocenters. The summed E-state index contributed by atoms with van der Waals surface area (Å²) in [6, 6.07) is 4.61. The highest BCUT2D eigenvalue weighted by Gasteiger charge is 2.34. The molecule has 2 fully saturated rings. The van der Waals surface area contributed by atoms with E-state index in [1.807, 2.05) is 20.8 Å². The number of imide groups is 1. The minimum atomic E-state index is -0.720. The lowest BCUT2D eigenvalue weighted by Crippen LogP contribution is -2.55. The Morgan fingerprint density at radius 1 is 1.18 bits per heavy atom. The van der Waals surface area contributed by atoms with Crippen molar-refractivity contribution in [3.63, 3.8) is 0 Å². The number of carbonyl (C=O) groups excluding carboxylic acids is 3. The maximum Gasteiger partial charge on any atom is 0.410 e. The second-order valence-corrected chi connectivity index (χ2v) is 9.50. The van der Waals surface area contributed by atoms with Crippen molar-refractivity contribution >= 4 is 28.9 Å². The molecule has 2 aliphatic rings. The van der Waals surface area contributed by atoms with Crippen LogP contribution in [0.15, 0.2) is 23.0 Å². The average molecular weight is 469 g/mol. The number of amides is 3. The van der Waals surface area contributed by atoms with Crippen molar-refractivity contribution in [3.8, 4) is 11.8 Å². The fourth-order valence-corrected chi connectivity index (χ4v) is 3.99. The zero-order chi connectivity index (χ0) is 24.6. The summed E-state index contributed by atoms with van der Waals surface area (Å²) >= 11 is 0. The highest BCUT2D eigenvalue weighted by atomic mass is 16.6. The van der Waals surface area contributed by atoms with Gasteiger partial charge in [-0.05, 0) is 45.4 Å². The van der Waals surface area contributed by atoms with Gasteiger partial charge in [0.05, 0.1) is 30.2 Å². The first-order valence-electron chi connectivity index (χ1n) is 11.2. The Hall–Kier alpha value is -3.58. The second kappa shape index (κ2) is 8.99. The molecule has 4 rings (SSSR count). The van der Waals surface area contributed by atoms with Crippen molar-refractivity contribution in [1.29, 1.82) is 0 Å². The number of fused-ring (bicyclic) bond motifs is 1. The second-order valence-electron chi connectivity index (χ2n) is 9.50. The maximum absolute atomic E-state index is 12.8. The van der Waals surface area contributed by atoms with Crippen LogP contribution >= 0.6 is 0 Å². The number of aryl methyl sites for hydroxylation is 1. The highest BCUT2D eigenvalue weighted by Crippen LogP contribution is 2.23. The van der Waals surface area contributed by atoms with Gasteiger partial charge in [-0.15, -0.1) is 0 Å². The van der Waals surface area contributed by atoms with Gasteiger partial charge >= 0.3 is 11.8 Å². The Kier molecular flexibility index (Phi) is 6.23. The number of piperidine rings is 1. The first-order valence-corrected chi connectivity index (χ1v) is 11.2. The summed E-state index contributed by atoms with van der Waals surface area (Å²) in [5.41, 5.74) is 1.12. The molecule has 0 radical (unpaired) electrons. The molecule has 0 spiro atoms. The molecule has 1 aromatic carbocycles. The molecule has 1 aromatic heterocycles.